The fraction of sp³-hybridized carbons (Fsp3) is 0.235. The molecule has 2 rings (SSSR count). The highest BCUT2D eigenvalue weighted by Crippen LogP contribution is 2.26. The third kappa shape index (κ3) is 3.44. The van der Waals surface area contributed by atoms with Gasteiger partial charge in [-0.3, -0.25) is 4.79 Å². The normalized spacial score (nSPS) is 11.9. The minimum Gasteiger partial charge on any atom is -0.465 e. The Morgan fingerprint density at radius 3 is 2.50 bits per heavy atom. The Hall–Kier alpha value is -2.16. The summed E-state index contributed by atoms with van der Waals surface area (Å²) in [5, 5.41) is 0. The van der Waals surface area contributed by atoms with Crippen molar-refractivity contribution >= 4 is 5.97 Å². The van der Waals surface area contributed by atoms with Crippen molar-refractivity contribution in [3.63, 3.8) is 0 Å². The quantitative estimate of drug-likeness (QED) is 0.781. The minimum atomic E-state index is -0.321. The van der Waals surface area contributed by atoms with Gasteiger partial charge in [-0.2, -0.15) is 0 Å². The van der Waals surface area contributed by atoms with E-state index in [0.29, 0.717) is 5.56 Å². The molecule has 0 bridgehead atoms. The zero-order chi connectivity index (χ0) is 14.5. The maximum atomic E-state index is 14.2. The van der Waals surface area contributed by atoms with Crippen molar-refractivity contribution in [3.05, 3.63) is 59.9 Å². The average molecular weight is 272 g/mol. The van der Waals surface area contributed by atoms with E-state index in [9.17, 15) is 9.18 Å². The monoisotopic (exact) mass is 272 g/mol. The van der Waals surface area contributed by atoms with E-state index in [-0.39, 0.29) is 24.3 Å². The van der Waals surface area contributed by atoms with Gasteiger partial charge in [0.25, 0.3) is 0 Å². The summed E-state index contributed by atoms with van der Waals surface area (Å²) < 4.78 is 19.1. The van der Waals surface area contributed by atoms with Crippen LogP contribution in [0.25, 0.3) is 11.1 Å². The molecule has 0 aliphatic heterocycles. The maximum Gasteiger partial charge on any atom is 0.302 e. The van der Waals surface area contributed by atoms with Crippen LogP contribution in [0.4, 0.5) is 4.39 Å². The Morgan fingerprint density at radius 2 is 1.90 bits per heavy atom. The molecule has 0 spiro atoms. The second-order valence-corrected chi connectivity index (χ2v) is 4.81. The molecule has 2 aromatic rings. The molecular formula is C17H17FO2. The lowest BCUT2D eigenvalue weighted by Crippen LogP contribution is -2.08. The molecule has 0 saturated heterocycles. The standard InChI is InChI=1S/C17H17FO2/c1-12(11-20-13(2)19)15-8-9-16(17(18)10-15)14-6-4-3-5-7-14/h3-10,12H,11H2,1-2H3/t12-/m0/s1. The molecule has 0 radical (unpaired) electrons. The van der Waals surface area contributed by atoms with Gasteiger partial charge in [0.1, 0.15) is 5.82 Å². The van der Waals surface area contributed by atoms with Crippen molar-refractivity contribution in [1.82, 2.24) is 0 Å². The molecule has 0 aliphatic carbocycles. The Kier molecular flexibility index (Phi) is 4.51. The number of benzene rings is 2. The predicted molar refractivity (Wildman–Crippen MR) is 76.9 cm³/mol. The van der Waals surface area contributed by atoms with Crippen LogP contribution in [0.15, 0.2) is 48.5 Å². The summed E-state index contributed by atoms with van der Waals surface area (Å²) in [5.74, 6) is -0.611. The van der Waals surface area contributed by atoms with Gasteiger partial charge in [0.2, 0.25) is 0 Å². The second-order valence-electron chi connectivity index (χ2n) is 4.81. The molecule has 2 aromatic carbocycles. The van der Waals surface area contributed by atoms with Crippen LogP contribution in [0.2, 0.25) is 0 Å². The summed E-state index contributed by atoms with van der Waals surface area (Å²) in [5.41, 5.74) is 2.25. The van der Waals surface area contributed by atoms with Gasteiger partial charge in [-0.1, -0.05) is 49.4 Å². The lowest BCUT2D eigenvalue weighted by molar-refractivity contribution is -0.141. The summed E-state index contributed by atoms with van der Waals surface area (Å²) in [6, 6.07) is 14.6. The summed E-state index contributed by atoms with van der Waals surface area (Å²) in [6.45, 7) is 3.53. The molecular weight excluding hydrogens is 255 g/mol. The van der Waals surface area contributed by atoms with Crippen molar-refractivity contribution in [2.24, 2.45) is 0 Å². The van der Waals surface area contributed by atoms with Crippen LogP contribution in [0.5, 0.6) is 0 Å². The van der Waals surface area contributed by atoms with Gasteiger partial charge in [0, 0.05) is 18.4 Å². The second kappa shape index (κ2) is 6.33. The smallest absolute Gasteiger partial charge is 0.302 e. The van der Waals surface area contributed by atoms with E-state index in [2.05, 4.69) is 0 Å². The van der Waals surface area contributed by atoms with Crippen LogP contribution < -0.4 is 0 Å². The van der Waals surface area contributed by atoms with E-state index in [0.717, 1.165) is 11.1 Å². The maximum absolute atomic E-state index is 14.2. The van der Waals surface area contributed by atoms with E-state index in [1.54, 1.807) is 6.07 Å². The first-order chi connectivity index (χ1) is 9.58. The summed E-state index contributed by atoms with van der Waals surface area (Å²) in [6.07, 6.45) is 0. The number of esters is 1. The van der Waals surface area contributed by atoms with E-state index in [1.807, 2.05) is 43.3 Å². The van der Waals surface area contributed by atoms with Crippen LogP contribution >= 0.6 is 0 Å². The minimum absolute atomic E-state index is 0.0294. The average Bonchev–Trinajstić information content (AvgIpc) is 2.45. The first kappa shape index (κ1) is 14.3. The number of halogens is 1. The number of hydrogen-bond donors (Lipinski definition) is 0. The van der Waals surface area contributed by atoms with Gasteiger partial charge in [-0.15, -0.1) is 0 Å². The van der Waals surface area contributed by atoms with Crippen molar-refractivity contribution in [3.8, 4) is 11.1 Å². The van der Waals surface area contributed by atoms with E-state index in [4.69, 9.17) is 4.74 Å². The van der Waals surface area contributed by atoms with Crippen molar-refractivity contribution in [1.29, 1.82) is 0 Å². The highest BCUT2D eigenvalue weighted by molar-refractivity contribution is 5.66. The zero-order valence-electron chi connectivity index (χ0n) is 11.6. The molecule has 1 atom stereocenters. The van der Waals surface area contributed by atoms with Crippen LogP contribution in [0.1, 0.15) is 25.3 Å². The van der Waals surface area contributed by atoms with Gasteiger partial charge in [0.05, 0.1) is 6.61 Å². The summed E-state index contributed by atoms with van der Waals surface area (Å²) in [4.78, 5) is 10.8. The topological polar surface area (TPSA) is 26.3 Å². The van der Waals surface area contributed by atoms with Crippen LogP contribution in [-0.2, 0) is 9.53 Å². The Balaban J connectivity index is 2.20. The molecule has 0 heterocycles. The fourth-order valence-corrected chi connectivity index (χ4v) is 2.03. The number of hydrogen-bond acceptors (Lipinski definition) is 2. The number of rotatable bonds is 4. The summed E-state index contributed by atoms with van der Waals surface area (Å²) >= 11 is 0. The lowest BCUT2D eigenvalue weighted by Gasteiger charge is -2.13. The molecule has 0 saturated carbocycles. The highest BCUT2D eigenvalue weighted by Gasteiger charge is 2.11. The van der Waals surface area contributed by atoms with Crippen molar-refractivity contribution in [2.45, 2.75) is 19.8 Å². The van der Waals surface area contributed by atoms with Gasteiger partial charge < -0.3 is 4.74 Å². The fourth-order valence-electron chi connectivity index (χ4n) is 2.03. The van der Waals surface area contributed by atoms with Crippen molar-refractivity contribution in [2.75, 3.05) is 6.61 Å². The van der Waals surface area contributed by atoms with E-state index >= 15 is 0 Å². The Morgan fingerprint density at radius 1 is 1.20 bits per heavy atom. The highest BCUT2D eigenvalue weighted by atomic mass is 19.1. The summed E-state index contributed by atoms with van der Waals surface area (Å²) in [7, 11) is 0. The molecule has 0 unspecified atom stereocenters. The molecule has 104 valence electrons. The first-order valence-corrected chi connectivity index (χ1v) is 6.56. The molecule has 0 aromatic heterocycles. The predicted octanol–water partition coefficient (Wildman–Crippen LogP) is 4.16. The van der Waals surface area contributed by atoms with Gasteiger partial charge >= 0.3 is 5.97 Å². The van der Waals surface area contributed by atoms with E-state index in [1.165, 1.54) is 13.0 Å². The number of carbonyl (C=O) groups excluding carboxylic acids is 1. The molecule has 20 heavy (non-hydrogen) atoms. The molecule has 0 amide bonds. The van der Waals surface area contributed by atoms with Gasteiger partial charge in [-0.25, -0.2) is 4.39 Å². The van der Waals surface area contributed by atoms with Crippen molar-refractivity contribution < 1.29 is 13.9 Å². The molecule has 0 N–H and O–H groups in total. The van der Waals surface area contributed by atoms with Crippen LogP contribution in [0.3, 0.4) is 0 Å². The van der Waals surface area contributed by atoms with Gasteiger partial charge in [-0.05, 0) is 17.2 Å². The first-order valence-electron chi connectivity index (χ1n) is 6.56. The molecule has 0 aliphatic rings. The number of carbonyl (C=O) groups is 1. The SMILES string of the molecule is CC(=O)OC[C@H](C)c1ccc(-c2ccccc2)c(F)c1. The largest absolute Gasteiger partial charge is 0.465 e. The molecule has 2 nitrogen and oxygen atoms in total. The third-order valence-corrected chi connectivity index (χ3v) is 3.18. The Bertz CT molecular complexity index is 593. The van der Waals surface area contributed by atoms with Gasteiger partial charge in [0.15, 0.2) is 0 Å². The van der Waals surface area contributed by atoms with E-state index < -0.39 is 0 Å². The number of ether oxygens (including phenoxy) is 1. The molecule has 3 heteroatoms. The third-order valence-electron chi connectivity index (χ3n) is 3.18. The lowest BCUT2D eigenvalue weighted by atomic mass is 9.97. The Labute approximate surface area is 118 Å². The van der Waals surface area contributed by atoms with Crippen LogP contribution in [-0.4, -0.2) is 12.6 Å². The van der Waals surface area contributed by atoms with Crippen LogP contribution in [0, 0.1) is 5.82 Å². The molecule has 0 fully saturated rings. The zero-order valence-corrected chi connectivity index (χ0v) is 11.6.